The van der Waals surface area contributed by atoms with E-state index in [0.29, 0.717) is 28.1 Å². The molecule has 33 heavy (non-hydrogen) atoms. The minimum absolute atomic E-state index is 0.208. The molecule has 0 saturated carbocycles. The number of nitrogens with zero attached hydrogens (tertiary/aromatic N) is 4. The van der Waals surface area contributed by atoms with E-state index < -0.39 is 5.91 Å². The third kappa shape index (κ3) is 4.13. The maximum absolute atomic E-state index is 13.0. The van der Waals surface area contributed by atoms with Crippen molar-refractivity contribution in [1.29, 1.82) is 0 Å². The standard InChI is InChI=1S/C24H23N7O2/c25-22(32)19-4-1-3-16-15-31(29-21(16)19)18-8-6-17(7-9-18)28-24(33)20-5-2-10-27-23(20)30-13-11-26-12-14-30/h1-10,15,26H,11-14H2,(H2,25,32)(H,28,33). The summed E-state index contributed by atoms with van der Waals surface area (Å²) < 4.78 is 1.69. The fraction of sp³-hybridized carbons (Fsp3) is 0.167. The van der Waals surface area contributed by atoms with Crippen LogP contribution < -0.4 is 21.3 Å². The van der Waals surface area contributed by atoms with Gasteiger partial charge in [0.25, 0.3) is 11.8 Å². The first-order chi connectivity index (χ1) is 16.1. The van der Waals surface area contributed by atoms with Gasteiger partial charge in [-0.05, 0) is 42.5 Å². The van der Waals surface area contributed by atoms with Gasteiger partial charge in [-0.3, -0.25) is 9.59 Å². The highest BCUT2D eigenvalue weighted by Gasteiger charge is 2.19. The maximum atomic E-state index is 13.0. The van der Waals surface area contributed by atoms with Crippen molar-refractivity contribution in [1.82, 2.24) is 20.1 Å². The fourth-order valence-electron chi connectivity index (χ4n) is 3.98. The Balaban J connectivity index is 1.36. The molecule has 4 N–H and O–H groups in total. The minimum atomic E-state index is -0.514. The second-order valence-electron chi connectivity index (χ2n) is 7.79. The number of primary amides is 1. The van der Waals surface area contributed by atoms with Crippen LogP contribution in [0.1, 0.15) is 20.7 Å². The number of anilines is 2. The molecule has 0 aliphatic carbocycles. The number of aromatic nitrogens is 3. The molecule has 5 rings (SSSR count). The monoisotopic (exact) mass is 441 g/mol. The number of benzene rings is 2. The average Bonchev–Trinajstić information content (AvgIpc) is 3.29. The van der Waals surface area contributed by atoms with Crippen LogP contribution in [0.4, 0.5) is 11.5 Å². The van der Waals surface area contributed by atoms with E-state index in [4.69, 9.17) is 5.73 Å². The minimum Gasteiger partial charge on any atom is -0.366 e. The normalized spacial score (nSPS) is 13.8. The van der Waals surface area contributed by atoms with Crippen LogP contribution in [0.2, 0.25) is 0 Å². The smallest absolute Gasteiger partial charge is 0.259 e. The van der Waals surface area contributed by atoms with Gasteiger partial charge in [0.05, 0.1) is 16.8 Å². The molecule has 2 aromatic heterocycles. The fourth-order valence-corrected chi connectivity index (χ4v) is 3.98. The maximum Gasteiger partial charge on any atom is 0.259 e. The van der Waals surface area contributed by atoms with Gasteiger partial charge in [0, 0.05) is 49.6 Å². The second kappa shape index (κ2) is 8.71. The molecule has 1 saturated heterocycles. The number of nitrogens with two attached hydrogens (primary N) is 1. The lowest BCUT2D eigenvalue weighted by Crippen LogP contribution is -2.44. The van der Waals surface area contributed by atoms with Crippen molar-refractivity contribution < 1.29 is 9.59 Å². The summed E-state index contributed by atoms with van der Waals surface area (Å²) in [6.07, 6.45) is 3.55. The molecule has 0 radical (unpaired) electrons. The van der Waals surface area contributed by atoms with Crippen molar-refractivity contribution in [3.8, 4) is 5.69 Å². The van der Waals surface area contributed by atoms with Gasteiger partial charge in [-0.15, -0.1) is 0 Å². The number of carbonyl (C=O) groups excluding carboxylic acids is 2. The Labute approximate surface area is 190 Å². The molecular formula is C24H23N7O2. The molecule has 0 unspecified atom stereocenters. The van der Waals surface area contributed by atoms with Crippen LogP contribution in [0.5, 0.6) is 0 Å². The molecule has 2 aromatic carbocycles. The van der Waals surface area contributed by atoms with Gasteiger partial charge >= 0.3 is 0 Å². The van der Waals surface area contributed by atoms with Crippen LogP contribution in [0.25, 0.3) is 16.6 Å². The summed E-state index contributed by atoms with van der Waals surface area (Å²) in [4.78, 5) is 31.2. The predicted molar refractivity (Wildman–Crippen MR) is 127 cm³/mol. The summed E-state index contributed by atoms with van der Waals surface area (Å²) in [5.41, 5.74) is 8.39. The summed E-state index contributed by atoms with van der Waals surface area (Å²) in [5.74, 6) is -0.0265. The van der Waals surface area contributed by atoms with Gasteiger partial charge < -0.3 is 21.3 Å². The molecule has 1 fully saturated rings. The quantitative estimate of drug-likeness (QED) is 0.437. The summed E-state index contributed by atoms with van der Waals surface area (Å²) in [6, 6.07) is 16.2. The zero-order valence-corrected chi connectivity index (χ0v) is 17.9. The molecule has 4 aromatic rings. The molecular weight excluding hydrogens is 418 g/mol. The number of hydrogen-bond acceptors (Lipinski definition) is 6. The van der Waals surface area contributed by atoms with Crippen molar-refractivity contribution in [2.45, 2.75) is 0 Å². The summed E-state index contributed by atoms with van der Waals surface area (Å²) in [6.45, 7) is 3.34. The van der Waals surface area contributed by atoms with Crippen molar-refractivity contribution in [3.05, 3.63) is 78.1 Å². The molecule has 0 spiro atoms. The lowest BCUT2D eigenvalue weighted by atomic mass is 10.1. The lowest BCUT2D eigenvalue weighted by molar-refractivity contribution is 0.0998. The van der Waals surface area contributed by atoms with Gasteiger partial charge in [-0.25, -0.2) is 9.67 Å². The Bertz CT molecular complexity index is 1320. The Kier molecular flexibility index (Phi) is 5.45. The van der Waals surface area contributed by atoms with Crippen molar-refractivity contribution >= 4 is 34.2 Å². The predicted octanol–water partition coefficient (Wildman–Crippen LogP) is 2.18. The van der Waals surface area contributed by atoms with Crippen molar-refractivity contribution in [3.63, 3.8) is 0 Å². The first kappa shape index (κ1) is 20.7. The van der Waals surface area contributed by atoms with E-state index in [9.17, 15) is 9.59 Å². The van der Waals surface area contributed by atoms with E-state index in [2.05, 4.69) is 25.6 Å². The Morgan fingerprint density at radius 2 is 1.73 bits per heavy atom. The van der Waals surface area contributed by atoms with E-state index >= 15 is 0 Å². The highest BCUT2D eigenvalue weighted by Crippen LogP contribution is 2.22. The number of hydrogen-bond donors (Lipinski definition) is 3. The largest absolute Gasteiger partial charge is 0.366 e. The Morgan fingerprint density at radius 1 is 0.970 bits per heavy atom. The molecule has 9 nitrogen and oxygen atoms in total. The van der Waals surface area contributed by atoms with Crippen LogP contribution in [-0.4, -0.2) is 52.8 Å². The average molecular weight is 441 g/mol. The molecule has 0 atom stereocenters. The molecule has 1 aliphatic heterocycles. The number of nitrogens with one attached hydrogen (secondary N) is 2. The third-order valence-corrected chi connectivity index (χ3v) is 5.64. The van der Waals surface area contributed by atoms with Crippen molar-refractivity contribution in [2.24, 2.45) is 5.73 Å². The summed E-state index contributed by atoms with van der Waals surface area (Å²) >= 11 is 0. The molecule has 3 heterocycles. The first-order valence-corrected chi connectivity index (χ1v) is 10.7. The third-order valence-electron chi connectivity index (χ3n) is 5.64. The molecule has 1 aliphatic rings. The van der Waals surface area contributed by atoms with E-state index in [1.807, 2.05) is 36.5 Å². The number of amides is 2. The number of fused-ring (bicyclic) bond motifs is 1. The van der Waals surface area contributed by atoms with Gasteiger partial charge in [-0.1, -0.05) is 12.1 Å². The summed E-state index contributed by atoms with van der Waals surface area (Å²) in [7, 11) is 0. The van der Waals surface area contributed by atoms with Crippen LogP contribution in [0.3, 0.4) is 0 Å². The van der Waals surface area contributed by atoms with E-state index in [1.54, 1.807) is 35.1 Å². The zero-order chi connectivity index (χ0) is 22.8. The highest BCUT2D eigenvalue weighted by atomic mass is 16.2. The SMILES string of the molecule is NC(=O)c1cccc2cn(-c3ccc(NC(=O)c4cccnc4N4CCNCC4)cc3)nc12. The van der Waals surface area contributed by atoms with Crippen LogP contribution >= 0.6 is 0 Å². The number of pyridine rings is 1. The van der Waals surface area contributed by atoms with Gasteiger partial charge in [0.2, 0.25) is 0 Å². The van der Waals surface area contributed by atoms with Gasteiger partial charge in [0.1, 0.15) is 11.3 Å². The van der Waals surface area contributed by atoms with E-state index in [0.717, 1.165) is 37.3 Å². The van der Waals surface area contributed by atoms with Crippen LogP contribution in [0, 0.1) is 0 Å². The lowest BCUT2D eigenvalue weighted by Gasteiger charge is -2.29. The highest BCUT2D eigenvalue weighted by molar-refractivity contribution is 6.07. The molecule has 0 bridgehead atoms. The molecule has 2 amide bonds. The molecule has 9 heteroatoms. The van der Waals surface area contributed by atoms with Crippen molar-refractivity contribution in [2.75, 3.05) is 36.4 Å². The van der Waals surface area contributed by atoms with E-state index in [1.165, 1.54) is 0 Å². The Morgan fingerprint density at radius 3 is 2.48 bits per heavy atom. The van der Waals surface area contributed by atoms with Gasteiger partial charge in [0.15, 0.2) is 0 Å². The van der Waals surface area contributed by atoms with Crippen LogP contribution in [0.15, 0.2) is 67.0 Å². The summed E-state index contributed by atoms with van der Waals surface area (Å²) in [5, 5.41) is 11.6. The number of carbonyl (C=O) groups is 2. The molecule has 166 valence electrons. The Hall–Kier alpha value is -4.24. The van der Waals surface area contributed by atoms with E-state index in [-0.39, 0.29) is 5.91 Å². The number of piperazine rings is 1. The number of rotatable bonds is 5. The zero-order valence-electron chi connectivity index (χ0n) is 17.9. The topological polar surface area (TPSA) is 118 Å². The van der Waals surface area contributed by atoms with Gasteiger partial charge in [-0.2, -0.15) is 5.10 Å². The van der Waals surface area contributed by atoms with Crippen LogP contribution in [-0.2, 0) is 0 Å². The second-order valence-corrected chi connectivity index (χ2v) is 7.79. The first-order valence-electron chi connectivity index (χ1n) is 10.7.